The summed E-state index contributed by atoms with van der Waals surface area (Å²) in [5.41, 5.74) is -0.125. The second-order valence-corrected chi connectivity index (χ2v) is 6.09. The van der Waals surface area contributed by atoms with Gasteiger partial charge >= 0.3 is 12.1 Å². The quantitative estimate of drug-likeness (QED) is 0.613. The highest BCUT2D eigenvalue weighted by atomic mass is 16.6. The number of methoxy groups -OCH3 is 1. The van der Waals surface area contributed by atoms with E-state index < -0.39 is 23.9 Å². The third-order valence-electron chi connectivity index (χ3n) is 3.01. The van der Waals surface area contributed by atoms with Gasteiger partial charge in [0.05, 0.1) is 12.7 Å². The summed E-state index contributed by atoms with van der Waals surface area (Å²) in [6.45, 7) is 7.35. The molecule has 1 amide bonds. The first-order valence-electron chi connectivity index (χ1n) is 7.48. The average molecular weight is 323 g/mol. The van der Waals surface area contributed by atoms with Crippen molar-refractivity contribution in [3.05, 3.63) is 29.8 Å². The fourth-order valence-corrected chi connectivity index (χ4v) is 1.83. The van der Waals surface area contributed by atoms with Crippen molar-refractivity contribution >= 4 is 12.1 Å². The Morgan fingerprint density at radius 3 is 2.17 bits per heavy atom. The van der Waals surface area contributed by atoms with Crippen LogP contribution < -0.4 is 4.74 Å². The molecule has 0 aliphatic rings. The molecule has 0 fully saturated rings. The molecular weight excluding hydrogens is 298 g/mol. The van der Waals surface area contributed by atoms with Crippen LogP contribution in [-0.2, 0) is 9.47 Å². The first kappa shape index (κ1) is 18.8. The highest BCUT2D eigenvalue weighted by molar-refractivity contribution is 5.89. The molecule has 0 saturated heterocycles. The summed E-state index contributed by atoms with van der Waals surface area (Å²) in [7, 11) is 2.96. The van der Waals surface area contributed by atoms with E-state index in [4.69, 9.17) is 9.47 Å². The predicted molar refractivity (Wildman–Crippen MR) is 86.5 cm³/mol. The van der Waals surface area contributed by atoms with Gasteiger partial charge in [0.25, 0.3) is 0 Å². The maximum absolute atomic E-state index is 12.1. The minimum Gasteiger partial charge on any atom is -0.470 e. The number of hydrogen-bond donors (Lipinski definition) is 0. The molecule has 6 nitrogen and oxygen atoms in total. The Kier molecular flexibility index (Phi) is 6.42. The fourth-order valence-electron chi connectivity index (χ4n) is 1.83. The summed E-state index contributed by atoms with van der Waals surface area (Å²) in [6.07, 6.45) is -0.321. The Morgan fingerprint density at radius 2 is 1.74 bits per heavy atom. The highest BCUT2D eigenvalue weighted by Crippen LogP contribution is 2.18. The Morgan fingerprint density at radius 1 is 1.17 bits per heavy atom. The van der Waals surface area contributed by atoms with E-state index in [-0.39, 0.29) is 0 Å². The lowest BCUT2D eigenvalue weighted by atomic mass is 10.2. The molecule has 1 atom stereocenters. The SMILES string of the molecule is CCC(Oc1ccc(C(=O)OC)cc1)N(C)C(=O)OC(C)(C)C. The number of rotatable bonds is 5. The topological polar surface area (TPSA) is 65.1 Å². The number of carbonyl (C=O) groups is 2. The van der Waals surface area contributed by atoms with Crippen LogP contribution in [0, 0.1) is 0 Å². The van der Waals surface area contributed by atoms with Crippen molar-refractivity contribution in [2.24, 2.45) is 0 Å². The molecule has 0 N–H and O–H groups in total. The maximum atomic E-state index is 12.1. The minimum absolute atomic E-state index is 0.408. The molecule has 0 aromatic heterocycles. The molecule has 6 heteroatoms. The summed E-state index contributed by atoms with van der Waals surface area (Å²) >= 11 is 0. The van der Waals surface area contributed by atoms with Gasteiger partial charge in [0.15, 0.2) is 6.23 Å². The van der Waals surface area contributed by atoms with Crippen molar-refractivity contribution in [3.63, 3.8) is 0 Å². The van der Waals surface area contributed by atoms with Crippen LogP contribution in [0.15, 0.2) is 24.3 Å². The van der Waals surface area contributed by atoms with E-state index in [2.05, 4.69) is 4.74 Å². The molecule has 0 aliphatic heterocycles. The van der Waals surface area contributed by atoms with Gasteiger partial charge in [-0.1, -0.05) is 6.92 Å². The van der Waals surface area contributed by atoms with Gasteiger partial charge in [-0.05, 0) is 45.0 Å². The molecular formula is C17H25NO5. The molecule has 128 valence electrons. The van der Waals surface area contributed by atoms with Gasteiger partial charge < -0.3 is 14.2 Å². The first-order chi connectivity index (χ1) is 10.7. The van der Waals surface area contributed by atoms with Crippen LogP contribution in [0.3, 0.4) is 0 Å². The average Bonchev–Trinajstić information content (AvgIpc) is 2.50. The molecule has 1 aromatic rings. The lowest BCUT2D eigenvalue weighted by Crippen LogP contribution is -2.43. The number of benzene rings is 1. The van der Waals surface area contributed by atoms with Gasteiger partial charge in [-0.15, -0.1) is 0 Å². The molecule has 0 radical (unpaired) electrons. The van der Waals surface area contributed by atoms with Crippen LogP contribution in [0.1, 0.15) is 44.5 Å². The van der Waals surface area contributed by atoms with Gasteiger partial charge in [-0.3, -0.25) is 4.90 Å². The third-order valence-corrected chi connectivity index (χ3v) is 3.01. The molecule has 0 bridgehead atoms. The number of carbonyl (C=O) groups excluding carboxylic acids is 2. The molecule has 0 heterocycles. The Labute approximate surface area is 137 Å². The minimum atomic E-state index is -0.564. The number of esters is 1. The van der Waals surface area contributed by atoms with E-state index in [0.29, 0.717) is 17.7 Å². The van der Waals surface area contributed by atoms with E-state index in [0.717, 1.165) is 0 Å². The van der Waals surface area contributed by atoms with Crippen molar-refractivity contribution < 1.29 is 23.8 Å². The lowest BCUT2D eigenvalue weighted by molar-refractivity contribution is -0.0116. The van der Waals surface area contributed by atoms with Crippen LogP contribution in [0.5, 0.6) is 5.75 Å². The van der Waals surface area contributed by atoms with Crippen LogP contribution >= 0.6 is 0 Å². The molecule has 0 spiro atoms. The van der Waals surface area contributed by atoms with Crippen LogP contribution in [0.4, 0.5) is 4.79 Å². The van der Waals surface area contributed by atoms with Crippen LogP contribution in [0.25, 0.3) is 0 Å². The normalized spacial score (nSPS) is 12.3. The number of ether oxygens (including phenoxy) is 3. The molecule has 1 aromatic carbocycles. The Hall–Kier alpha value is -2.24. The van der Waals surface area contributed by atoms with E-state index in [9.17, 15) is 9.59 Å². The zero-order chi connectivity index (χ0) is 17.6. The van der Waals surface area contributed by atoms with Crippen molar-refractivity contribution in [1.82, 2.24) is 4.90 Å². The Bertz CT molecular complexity index is 533. The number of nitrogens with zero attached hydrogens (tertiary/aromatic N) is 1. The zero-order valence-corrected chi connectivity index (χ0v) is 14.6. The molecule has 23 heavy (non-hydrogen) atoms. The van der Waals surface area contributed by atoms with Crippen LogP contribution in [0.2, 0.25) is 0 Å². The summed E-state index contributed by atoms with van der Waals surface area (Å²) in [5.74, 6) is 0.148. The van der Waals surface area contributed by atoms with E-state index in [1.165, 1.54) is 12.0 Å². The maximum Gasteiger partial charge on any atom is 0.412 e. The summed E-state index contributed by atoms with van der Waals surface area (Å²) < 4.78 is 15.8. The van der Waals surface area contributed by atoms with Gasteiger partial charge in [0.2, 0.25) is 0 Å². The summed E-state index contributed by atoms with van der Waals surface area (Å²) in [5, 5.41) is 0. The lowest BCUT2D eigenvalue weighted by Gasteiger charge is -2.30. The van der Waals surface area contributed by atoms with E-state index >= 15 is 0 Å². The zero-order valence-electron chi connectivity index (χ0n) is 14.6. The second kappa shape index (κ2) is 7.85. The van der Waals surface area contributed by atoms with Gasteiger partial charge in [-0.2, -0.15) is 0 Å². The number of amides is 1. The molecule has 0 saturated carbocycles. The smallest absolute Gasteiger partial charge is 0.412 e. The van der Waals surface area contributed by atoms with Crippen LogP contribution in [-0.4, -0.2) is 42.9 Å². The molecule has 1 unspecified atom stereocenters. The number of hydrogen-bond acceptors (Lipinski definition) is 5. The van der Waals surface area contributed by atoms with Gasteiger partial charge in [0.1, 0.15) is 11.4 Å². The molecule has 0 aliphatic carbocycles. The van der Waals surface area contributed by atoms with Gasteiger partial charge in [-0.25, -0.2) is 9.59 Å². The monoisotopic (exact) mass is 323 g/mol. The van der Waals surface area contributed by atoms with Gasteiger partial charge in [0, 0.05) is 13.5 Å². The molecule has 1 rings (SSSR count). The highest BCUT2D eigenvalue weighted by Gasteiger charge is 2.25. The van der Waals surface area contributed by atoms with Crippen molar-refractivity contribution in [2.75, 3.05) is 14.2 Å². The van der Waals surface area contributed by atoms with Crippen molar-refractivity contribution in [3.8, 4) is 5.75 Å². The predicted octanol–water partition coefficient (Wildman–Crippen LogP) is 3.46. The largest absolute Gasteiger partial charge is 0.470 e. The van der Waals surface area contributed by atoms with E-state index in [1.54, 1.807) is 31.3 Å². The van der Waals surface area contributed by atoms with Crippen molar-refractivity contribution in [2.45, 2.75) is 45.9 Å². The first-order valence-corrected chi connectivity index (χ1v) is 7.48. The standard InChI is InChI=1S/C17H25NO5/c1-7-14(18(5)16(20)23-17(2,3)4)22-13-10-8-12(9-11-13)15(19)21-6/h8-11,14H,7H2,1-6H3. The van der Waals surface area contributed by atoms with E-state index in [1.807, 2.05) is 27.7 Å². The van der Waals surface area contributed by atoms with Crippen molar-refractivity contribution in [1.29, 1.82) is 0 Å². The third kappa shape index (κ3) is 5.81. The Balaban J connectivity index is 2.75. The second-order valence-electron chi connectivity index (χ2n) is 6.09. The fraction of sp³-hybridized carbons (Fsp3) is 0.529. The summed E-state index contributed by atoms with van der Waals surface area (Å²) in [4.78, 5) is 24.9. The summed E-state index contributed by atoms with van der Waals surface area (Å²) in [6, 6.07) is 6.55.